The summed E-state index contributed by atoms with van der Waals surface area (Å²) in [5, 5.41) is 18.8. The summed E-state index contributed by atoms with van der Waals surface area (Å²) < 4.78 is 17.0. The lowest BCUT2D eigenvalue weighted by atomic mass is 9.76. The van der Waals surface area contributed by atoms with Crippen LogP contribution in [0.25, 0.3) is 0 Å². The SMILES string of the molecule is CCCN1CC([C@@H]2[C@@H](C)OC(=O)C(C)(C)C(=O)[C@H](C)C[C@](C)(OC)C[C@@H](C)CN2C)C1.C[C@@H]1C[C@H](N(C)C)[C@@H](O)[C@H](O)O1. The predicted molar refractivity (Wildman–Crippen MR) is 169 cm³/mol. The zero-order chi connectivity index (χ0) is 32.9. The molecule has 3 aliphatic rings. The van der Waals surface area contributed by atoms with Crippen molar-refractivity contribution in [2.75, 3.05) is 54.4 Å². The second kappa shape index (κ2) is 15.9. The van der Waals surface area contributed by atoms with E-state index < -0.39 is 29.4 Å². The number of carbonyl (C=O) groups is 2. The van der Waals surface area contributed by atoms with E-state index in [0.29, 0.717) is 18.3 Å². The third-order valence-electron chi connectivity index (χ3n) is 9.77. The topological polar surface area (TPSA) is 112 Å². The number of methoxy groups -OCH3 is 1. The number of likely N-dealkylation sites (N-methyl/N-ethyl adjacent to an activating group) is 2. The highest BCUT2D eigenvalue weighted by atomic mass is 16.6. The number of rotatable bonds is 5. The highest BCUT2D eigenvalue weighted by Gasteiger charge is 2.46. The van der Waals surface area contributed by atoms with Crippen LogP contribution >= 0.6 is 0 Å². The lowest BCUT2D eigenvalue weighted by molar-refractivity contribution is -0.230. The maximum absolute atomic E-state index is 13.3. The minimum Gasteiger partial charge on any atom is -0.460 e. The predicted octanol–water partition coefficient (Wildman–Crippen LogP) is 3.03. The third kappa shape index (κ3) is 9.92. The number of aliphatic hydroxyl groups excluding tert-OH is 2. The van der Waals surface area contributed by atoms with Crippen LogP contribution < -0.4 is 0 Å². The van der Waals surface area contributed by atoms with Crippen molar-refractivity contribution in [3.8, 4) is 0 Å². The van der Waals surface area contributed by atoms with E-state index in [1.807, 2.05) is 39.8 Å². The Morgan fingerprint density at radius 3 is 2.16 bits per heavy atom. The zero-order valence-electron chi connectivity index (χ0n) is 29.1. The largest absolute Gasteiger partial charge is 0.460 e. The quantitative estimate of drug-likeness (QED) is 0.355. The number of ketones is 1. The standard InChI is InChI=1S/C25H46N2O4.C8H17NO3/c1-10-11-27-15-20(16-27)21-19(4)31-23(29)24(5,6)22(28)18(3)13-25(7,30-9)12-17(2)14-26(21)8;1-5-4-6(9(2)3)7(10)8(11)12-5/h17-21H,10-16H2,1-9H3;5-8,10-11H,4H2,1-3H3/t17-,18-,19-,21+,25-;5-,6+,7-,8-/m11/s1. The second-order valence-electron chi connectivity index (χ2n) is 14.7. The fourth-order valence-electron chi connectivity index (χ4n) is 7.49. The van der Waals surface area contributed by atoms with Gasteiger partial charge in [-0.25, -0.2) is 0 Å². The third-order valence-corrected chi connectivity index (χ3v) is 9.77. The summed E-state index contributed by atoms with van der Waals surface area (Å²) in [5.74, 6) is 0.0962. The number of nitrogens with zero attached hydrogens (tertiary/aromatic N) is 3. The number of cyclic esters (lactones) is 1. The van der Waals surface area contributed by atoms with Crippen LogP contribution in [0.3, 0.4) is 0 Å². The van der Waals surface area contributed by atoms with E-state index >= 15 is 0 Å². The molecule has 3 fully saturated rings. The molecule has 3 aliphatic heterocycles. The lowest BCUT2D eigenvalue weighted by Gasteiger charge is -2.48. The molecule has 0 saturated carbocycles. The van der Waals surface area contributed by atoms with E-state index in [1.165, 1.54) is 0 Å². The van der Waals surface area contributed by atoms with Gasteiger partial charge in [0.05, 0.1) is 17.7 Å². The molecule has 3 rings (SSSR count). The van der Waals surface area contributed by atoms with Gasteiger partial charge in [0.15, 0.2) is 12.1 Å². The Bertz CT molecular complexity index is 896. The molecule has 0 spiro atoms. The first kappa shape index (κ1) is 38.0. The van der Waals surface area contributed by atoms with Crippen LogP contribution in [0.5, 0.6) is 0 Å². The molecule has 0 amide bonds. The number of likely N-dealkylation sites (tertiary alicyclic amines) is 1. The Morgan fingerprint density at radius 2 is 1.63 bits per heavy atom. The molecule has 252 valence electrons. The van der Waals surface area contributed by atoms with Crippen LogP contribution in [0, 0.1) is 23.2 Å². The zero-order valence-corrected chi connectivity index (χ0v) is 29.1. The molecule has 3 heterocycles. The van der Waals surface area contributed by atoms with Crippen molar-refractivity contribution < 1.29 is 34.0 Å². The molecule has 0 radical (unpaired) electrons. The van der Waals surface area contributed by atoms with E-state index in [1.54, 1.807) is 21.0 Å². The number of carbonyl (C=O) groups excluding carboxylic acids is 2. The summed E-state index contributed by atoms with van der Waals surface area (Å²) in [6, 6.07) is 0.126. The number of hydrogen-bond donors (Lipinski definition) is 2. The fourth-order valence-corrected chi connectivity index (χ4v) is 7.49. The van der Waals surface area contributed by atoms with Gasteiger partial charge in [0.2, 0.25) is 0 Å². The molecule has 9 atom stereocenters. The van der Waals surface area contributed by atoms with Crippen LogP contribution in [-0.4, -0.2) is 133 Å². The number of hydrogen-bond acceptors (Lipinski definition) is 10. The average molecular weight is 614 g/mol. The second-order valence-corrected chi connectivity index (χ2v) is 14.7. The summed E-state index contributed by atoms with van der Waals surface area (Å²) in [7, 11) is 7.65. The number of ether oxygens (including phenoxy) is 3. The first-order valence-electron chi connectivity index (χ1n) is 16.3. The number of aliphatic hydroxyl groups is 2. The van der Waals surface area contributed by atoms with Crippen LogP contribution in [-0.2, 0) is 23.8 Å². The van der Waals surface area contributed by atoms with Gasteiger partial charge in [-0.05, 0) is 93.9 Å². The monoisotopic (exact) mass is 613 g/mol. The van der Waals surface area contributed by atoms with Crippen LogP contribution in [0.2, 0.25) is 0 Å². The lowest BCUT2D eigenvalue weighted by Crippen LogP contribution is -2.60. The van der Waals surface area contributed by atoms with Crippen molar-refractivity contribution in [3.05, 3.63) is 0 Å². The highest BCUT2D eigenvalue weighted by Crippen LogP contribution is 2.35. The summed E-state index contributed by atoms with van der Waals surface area (Å²) in [5.41, 5.74) is -1.57. The van der Waals surface area contributed by atoms with Crippen molar-refractivity contribution >= 4 is 11.8 Å². The highest BCUT2D eigenvalue weighted by molar-refractivity contribution is 6.04. The van der Waals surface area contributed by atoms with Crippen molar-refractivity contribution in [3.63, 3.8) is 0 Å². The fraction of sp³-hybridized carbons (Fsp3) is 0.939. The Labute approximate surface area is 261 Å². The first-order chi connectivity index (χ1) is 19.9. The van der Waals surface area contributed by atoms with Gasteiger partial charge >= 0.3 is 5.97 Å². The Balaban J connectivity index is 0.000000448. The first-order valence-corrected chi connectivity index (χ1v) is 16.3. The average Bonchev–Trinajstić information content (AvgIpc) is 2.88. The van der Waals surface area contributed by atoms with Crippen LogP contribution in [0.15, 0.2) is 0 Å². The van der Waals surface area contributed by atoms with Gasteiger partial charge in [-0.15, -0.1) is 0 Å². The van der Waals surface area contributed by atoms with Gasteiger partial charge in [0.1, 0.15) is 17.6 Å². The maximum Gasteiger partial charge on any atom is 0.319 e. The molecule has 0 aromatic rings. The normalized spacial score (nSPS) is 39.0. The molecule has 2 N–H and O–H groups in total. The Hall–Kier alpha value is -1.14. The van der Waals surface area contributed by atoms with E-state index in [-0.39, 0.29) is 36.0 Å². The van der Waals surface area contributed by atoms with Crippen molar-refractivity contribution in [1.82, 2.24) is 14.7 Å². The van der Waals surface area contributed by atoms with Gasteiger partial charge < -0.3 is 34.2 Å². The minimum atomic E-state index is -1.17. The van der Waals surface area contributed by atoms with Crippen molar-refractivity contribution in [1.29, 1.82) is 0 Å². The molecular weight excluding hydrogens is 550 g/mol. The molecule has 10 nitrogen and oxygen atoms in total. The molecule has 3 saturated heterocycles. The van der Waals surface area contributed by atoms with E-state index in [9.17, 15) is 19.8 Å². The summed E-state index contributed by atoms with van der Waals surface area (Å²) in [6.45, 7) is 19.9. The van der Waals surface area contributed by atoms with Crippen molar-refractivity contribution in [2.45, 2.75) is 123 Å². The van der Waals surface area contributed by atoms with Gasteiger partial charge in [-0.3, -0.25) is 14.5 Å². The summed E-state index contributed by atoms with van der Waals surface area (Å²) >= 11 is 0. The molecule has 10 heteroatoms. The van der Waals surface area contributed by atoms with E-state index in [4.69, 9.17) is 14.2 Å². The summed E-state index contributed by atoms with van der Waals surface area (Å²) in [6.07, 6.45) is 1.28. The Kier molecular flexibility index (Phi) is 14.1. The Morgan fingerprint density at radius 1 is 1.02 bits per heavy atom. The van der Waals surface area contributed by atoms with Gasteiger partial charge in [-0.1, -0.05) is 20.8 Å². The van der Waals surface area contributed by atoms with E-state index in [0.717, 1.165) is 45.4 Å². The van der Waals surface area contributed by atoms with Crippen molar-refractivity contribution in [2.24, 2.45) is 23.2 Å². The molecular formula is C33H63N3O7. The number of Topliss-reactive ketones (excluding diaryl/α,β-unsaturated/α-hetero) is 1. The molecule has 0 aromatic carbocycles. The molecule has 43 heavy (non-hydrogen) atoms. The summed E-state index contributed by atoms with van der Waals surface area (Å²) in [4.78, 5) is 33.2. The van der Waals surface area contributed by atoms with Crippen LogP contribution in [0.4, 0.5) is 0 Å². The van der Waals surface area contributed by atoms with Gasteiger partial charge in [0, 0.05) is 44.6 Å². The minimum absolute atomic E-state index is 0.01000. The van der Waals surface area contributed by atoms with E-state index in [2.05, 4.69) is 37.6 Å². The molecule has 0 unspecified atom stereocenters. The van der Waals surface area contributed by atoms with Gasteiger partial charge in [0.25, 0.3) is 0 Å². The molecule has 0 bridgehead atoms. The maximum atomic E-state index is 13.3. The molecule has 0 aromatic heterocycles. The molecule has 0 aliphatic carbocycles. The van der Waals surface area contributed by atoms with Gasteiger partial charge in [-0.2, -0.15) is 0 Å². The smallest absolute Gasteiger partial charge is 0.319 e. The van der Waals surface area contributed by atoms with Crippen LogP contribution in [0.1, 0.15) is 81.1 Å². The number of esters is 1.